The molecule has 0 radical (unpaired) electrons. The van der Waals surface area contributed by atoms with Gasteiger partial charge < -0.3 is 10.8 Å². The molecule has 0 saturated carbocycles. The van der Waals surface area contributed by atoms with E-state index < -0.39 is 6.49 Å². The van der Waals surface area contributed by atoms with Crippen molar-refractivity contribution in [1.29, 1.82) is 0 Å². The normalized spacial score (nSPS) is 10.5. The third kappa shape index (κ3) is 4.81. The zero-order valence-electron chi connectivity index (χ0n) is 10.4. The highest BCUT2D eigenvalue weighted by molar-refractivity contribution is 8.00. The summed E-state index contributed by atoms with van der Waals surface area (Å²) in [5.74, 6) is 0. The lowest BCUT2D eigenvalue weighted by Gasteiger charge is -2.10. The van der Waals surface area contributed by atoms with Gasteiger partial charge in [0.2, 0.25) is 6.49 Å². The van der Waals surface area contributed by atoms with E-state index in [1.807, 2.05) is 36.4 Å². The van der Waals surface area contributed by atoms with Crippen LogP contribution >= 0.6 is 17.7 Å². The minimum Gasteiger partial charge on any atom is -0.395 e. The van der Waals surface area contributed by atoms with E-state index in [0.29, 0.717) is 17.2 Å². The standard InChI is InChI=1S/C12H10ClOP.C2H7NO/c13-15(14,11-7-3-1-4-8-11)12-9-5-2-6-10-12;3-1-2-4/h1-10H;4H,1-3H2. The van der Waals surface area contributed by atoms with E-state index in [0.717, 1.165) is 0 Å². The second-order valence-corrected chi connectivity index (χ2v) is 7.24. The van der Waals surface area contributed by atoms with Crippen molar-refractivity contribution >= 4 is 28.3 Å². The maximum absolute atomic E-state index is 12.4. The van der Waals surface area contributed by atoms with Crippen molar-refractivity contribution < 1.29 is 9.67 Å². The van der Waals surface area contributed by atoms with Crippen molar-refractivity contribution in [1.82, 2.24) is 0 Å². The predicted octanol–water partition coefficient (Wildman–Crippen LogP) is 2.09. The number of aliphatic hydroxyl groups is 1. The maximum atomic E-state index is 12.4. The molecule has 2 aromatic carbocycles. The van der Waals surface area contributed by atoms with Gasteiger partial charge >= 0.3 is 0 Å². The van der Waals surface area contributed by atoms with E-state index in [1.54, 1.807) is 24.3 Å². The SMILES string of the molecule is NCCO.O=P(Cl)(c1ccccc1)c1ccccc1. The van der Waals surface area contributed by atoms with E-state index >= 15 is 0 Å². The molecule has 0 bridgehead atoms. The second-order valence-electron chi connectivity index (χ2n) is 3.72. The molecular weight excluding hydrogens is 281 g/mol. The van der Waals surface area contributed by atoms with Crippen molar-refractivity contribution in [3.63, 3.8) is 0 Å². The van der Waals surface area contributed by atoms with Gasteiger partial charge in [-0.1, -0.05) is 60.7 Å². The smallest absolute Gasteiger partial charge is 0.225 e. The summed E-state index contributed by atoms with van der Waals surface area (Å²) in [6.45, 7) is -2.45. The highest BCUT2D eigenvalue weighted by Crippen LogP contribution is 2.48. The van der Waals surface area contributed by atoms with Crippen LogP contribution < -0.4 is 16.3 Å². The highest BCUT2D eigenvalue weighted by atomic mass is 35.7. The fourth-order valence-corrected chi connectivity index (χ4v) is 3.47. The Kier molecular flexibility index (Phi) is 6.82. The summed E-state index contributed by atoms with van der Waals surface area (Å²) in [4.78, 5) is 0. The summed E-state index contributed by atoms with van der Waals surface area (Å²) in [6.07, 6.45) is 0. The first-order valence-electron chi connectivity index (χ1n) is 5.84. The van der Waals surface area contributed by atoms with Gasteiger partial charge in [-0.2, -0.15) is 0 Å². The molecule has 19 heavy (non-hydrogen) atoms. The average Bonchev–Trinajstić information content (AvgIpc) is 2.49. The van der Waals surface area contributed by atoms with Crippen LogP contribution in [-0.4, -0.2) is 18.3 Å². The summed E-state index contributed by atoms with van der Waals surface area (Å²) in [5, 5.41) is 9.11. The number of rotatable bonds is 3. The molecule has 0 aliphatic heterocycles. The largest absolute Gasteiger partial charge is 0.395 e. The van der Waals surface area contributed by atoms with Crippen molar-refractivity contribution in [2.75, 3.05) is 13.2 Å². The van der Waals surface area contributed by atoms with E-state index in [9.17, 15) is 4.57 Å². The van der Waals surface area contributed by atoms with Gasteiger partial charge in [-0.05, 0) is 11.2 Å². The van der Waals surface area contributed by atoms with Crippen LogP contribution in [0.2, 0.25) is 0 Å². The van der Waals surface area contributed by atoms with E-state index in [1.165, 1.54) is 0 Å². The van der Waals surface area contributed by atoms with Crippen LogP contribution in [0.5, 0.6) is 0 Å². The molecule has 2 aromatic rings. The number of nitrogens with two attached hydrogens (primary N) is 1. The molecule has 3 N–H and O–H groups in total. The predicted molar refractivity (Wildman–Crippen MR) is 81.8 cm³/mol. The van der Waals surface area contributed by atoms with Crippen molar-refractivity contribution in [3.05, 3.63) is 60.7 Å². The third-order valence-electron chi connectivity index (χ3n) is 2.31. The Morgan fingerprint density at radius 1 is 0.947 bits per heavy atom. The van der Waals surface area contributed by atoms with E-state index in [4.69, 9.17) is 22.1 Å². The fourth-order valence-electron chi connectivity index (χ4n) is 1.39. The quantitative estimate of drug-likeness (QED) is 0.853. The Labute approximate surface area is 118 Å². The van der Waals surface area contributed by atoms with Gasteiger partial charge in [0, 0.05) is 17.2 Å². The average molecular weight is 298 g/mol. The molecule has 0 unspecified atom stereocenters. The minimum absolute atomic E-state index is 0.0972. The summed E-state index contributed by atoms with van der Waals surface area (Å²) in [5.41, 5.74) is 4.78. The molecule has 0 spiro atoms. The molecule has 3 nitrogen and oxygen atoms in total. The molecule has 0 aliphatic carbocycles. The van der Waals surface area contributed by atoms with Gasteiger partial charge in [-0.3, -0.25) is 4.57 Å². The Hall–Kier alpha value is -1.12. The molecule has 0 atom stereocenters. The highest BCUT2D eigenvalue weighted by Gasteiger charge is 2.23. The fraction of sp³-hybridized carbons (Fsp3) is 0.143. The summed E-state index contributed by atoms with van der Waals surface area (Å²) in [7, 11) is 0. The molecule has 102 valence electrons. The summed E-state index contributed by atoms with van der Waals surface area (Å²) < 4.78 is 12.4. The van der Waals surface area contributed by atoms with Gasteiger partial charge in [-0.15, -0.1) is 0 Å². The molecule has 2 rings (SSSR count). The lowest BCUT2D eigenvalue weighted by Crippen LogP contribution is -2.11. The molecule has 0 heterocycles. The first kappa shape index (κ1) is 15.9. The summed E-state index contributed by atoms with van der Waals surface area (Å²) >= 11 is 6.14. The van der Waals surface area contributed by atoms with Crippen LogP contribution in [0.3, 0.4) is 0 Å². The monoisotopic (exact) mass is 297 g/mol. The van der Waals surface area contributed by atoms with Crippen LogP contribution in [-0.2, 0) is 4.57 Å². The zero-order valence-corrected chi connectivity index (χ0v) is 12.1. The Balaban J connectivity index is 0.000000399. The van der Waals surface area contributed by atoms with Crippen LogP contribution in [0.15, 0.2) is 60.7 Å². The zero-order chi connectivity index (χ0) is 14.1. The third-order valence-corrected chi connectivity index (χ3v) is 5.40. The summed E-state index contributed by atoms with van der Waals surface area (Å²) in [6, 6.07) is 18.3. The maximum Gasteiger partial charge on any atom is 0.225 e. The molecule has 0 amide bonds. The molecule has 0 aliphatic rings. The number of halogens is 1. The molecule has 0 aromatic heterocycles. The van der Waals surface area contributed by atoms with Gasteiger partial charge in [0.05, 0.1) is 6.61 Å². The lowest BCUT2D eigenvalue weighted by molar-refractivity contribution is 0.306. The van der Waals surface area contributed by atoms with E-state index in [2.05, 4.69) is 0 Å². The van der Waals surface area contributed by atoms with E-state index in [-0.39, 0.29) is 6.61 Å². The van der Waals surface area contributed by atoms with Gasteiger partial charge in [0.15, 0.2) is 0 Å². The van der Waals surface area contributed by atoms with Crippen LogP contribution in [0, 0.1) is 0 Å². The van der Waals surface area contributed by atoms with Crippen molar-refractivity contribution in [2.45, 2.75) is 0 Å². The van der Waals surface area contributed by atoms with Crippen molar-refractivity contribution in [3.8, 4) is 0 Å². The number of aliphatic hydroxyl groups excluding tert-OH is 1. The topological polar surface area (TPSA) is 63.3 Å². The van der Waals surface area contributed by atoms with Crippen LogP contribution in [0.25, 0.3) is 0 Å². The van der Waals surface area contributed by atoms with Gasteiger partial charge in [0.1, 0.15) is 0 Å². The Morgan fingerprint density at radius 3 is 1.53 bits per heavy atom. The number of hydrogen-bond acceptors (Lipinski definition) is 3. The van der Waals surface area contributed by atoms with Gasteiger partial charge in [0.25, 0.3) is 0 Å². The lowest BCUT2D eigenvalue weighted by atomic mass is 10.4. The van der Waals surface area contributed by atoms with Crippen molar-refractivity contribution in [2.24, 2.45) is 5.73 Å². The molecule has 5 heteroatoms. The second kappa shape index (κ2) is 8.13. The number of benzene rings is 2. The first-order chi connectivity index (χ1) is 9.12. The van der Waals surface area contributed by atoms with Gasteiger partial charge in [-0.25, -0.2) is 0 Å². The Morgan fingerprint density at radius 2 is 1.26 bits per heavy atom. The molecule has 0 saturated heterocycles. The van der Waals surface area contributed by atoms with Crippen LogP contribution in [0.1, 0.15) is 0 Å². The molecule has 0 fully saturated rings. The first-order valence-corrected chi connectivity index (χ1v) is 8.46. The molecular formula is C14H17ClNO2P. The minimum atomic E-state index is -2.93. The number of hydrogen-bond donors (Lipinski definition) is 2. The Bertz CT molecular complexity index is 474. The van der Waals surface area contributed by atoms with Crippen LogP contribution in [0.4, 0.5) is 0 Å².